The second kappa shape index (κ2) is 7.35. The van der Waals surface area contributed by atoms with E-state index >= 15 is 0 Å². The number of alkyl halides is 2. The van der Waals surface area contributed by atoms with Crippen molar-refractivity contribution in [3.63, 3.8) is 0 Å². The maximum Gasteiger partial charge on any atom is 0.308 e. The lowest BCUT2D eigenvalue weighted by atomic mass is 9.81. The Labute approximate surface area is 129 Å². The smallest absolute Gasteiger partial charge is 0.308 e. The lowest BCUT2D eigenvalue weighted by molar-refractivity contribution is -0.147. The number of rotatable bonds is 5. The summed E-state index contributed by atoms with van der Waals surface area (Å²) in [5.74, 6) is -3.04. The van der Waals surface area contributed by atoms with Crippen molar-refractivity contribution in [2.45, 2.75) is 50.5 Å². The fourth-order valence-corrected chi connectivity index (χ4v) is 3.27. The molecule has 2 aliphatic rings. The molecule has 1 saturated heterocycles. The number of carbonyl (C=O) groups is 2. The van der Waals surface area contributed by atoms with Gasteiger partial charge in [0, 0.05) is 24.9 Å². The Kier molecular flexibility index (Phi) is 5.72. The van der Waals surface area contributed by atoms with Crippen LogP contribution in [0.4, 0.5) is 8.78 Å². The molecule has 0 bridgehead atoms. The number of carbonyl (C=O) groups excluding carboxylic acids is 2. The van der Waals surface area contributed by atoms with Gasteiger partial charge in [-0.3, -0.25) is 9.59 Å². The first kappa shape index (κ1) is 17.1. The van der Waals surface area contributed by atoms with Crippen LogP contribution in [0.3, 0.4) is 0 Å². The van der Waals surface area contributed by atoms with Gasteiger partial charge < -0.3 is 15.4 Å². The van der Waals surface area contributed by atoms with Gasteiger partial charge in [-0.1, -0.05) is 0 Å². The van der Waals surface area contributed by atoms with E-state index in [2.05, 4.69) is 10.6 Å². The monoisotopic (exact) mass is 318 g/mol. The summed E-state index contributed by atoms with van der Waals surface area (Å²) in [6.07, 6.45) is 3.03. The van der Waals surface area contributed by atoms with E-state index in [9.17, 15) is 18.4 Å². The molecule has 2 fully saturated rings. The molecular formula is C15H24F2N2O3. The van der Waals surface area contributed by atoms with Crippen molar-refractivity contribution in [1.29, 1.82) is 0 Å². The Balaban J connectivity index is 1.63. The standard InChI is InChI=1S/C15H24F2N2O3/c1-22-14(21)11-4-2-10(3-5-11)13(20)18-7-6-12-8-15(16,17)9-19-12/h10-12,19H,2-9H2,1H3,(H,18,20)/t10-,11-,12-/m0/s1. The van der Waals surface area contributed by atoms with Gasteiger partial charge in [0.1, 0.15) is 0 Å². The van der Waals surface area contributed by atoms with Crippen LogP contribution in [0.1, 0.15) is 38.5 Å². The molecular weight excluding hydrogens is 294 g/mol. The molecule has 126 valence electrons. The first-order valence-corrected chi connectivity index (χ1v) is 7.88. The van der Waals surface area contributed by atoms with E-state index < -0.39 is 5.92 Å². The fraction of sp³-hybridized carbons (Fsp3) is 0.867. The average Bonchev–Trinajstić information content (AvgIpc) is 2.85. The van der Waals surface area contributed by atoms with Gasteiger partial charge in [0.15, 0.2) is 0 Å². The summed E-state index contributed by atoms with van der Waals surface area (Å²) in [5, 5.41) is 5.60. The highest BCUT2D eigenvalue weighted by atomic mass is 19.3. The van der Waals surface area contributed by atoms with Crippen molar-refractivity contribution in [3.8, 4) is 0 Å². The van der Waals surface area contributed by atoms with Gasteiger partial charge in [-0.2, -0.15) is 0 Å². The van der Waals surface area contributed by atoms with Gasteiger partial charge in [-0.05, 0) is 32.1 Å². The molecule has 2 N–H and O–H groups in total. The number of nitrogens with one attached hydrogen (secondary N) is 2. The lowest BCUT2D eigenvalue weighted by Crippen LogP contribution is -2.36. The van der Waals surface area contributed by atoms with Gasteiger partial charge in [0.05, 0.1) is 19.6 Å². The number of halogens is 2. The molecule has 0 radical (unpaired) electrons. The summed E-state index contributed by atoms with van der Waals surface area (Å²) in [5.41, 5.74) is 0. The van der Waals surface area contributed by atoms with Crippen LogP contribution in [0.2, 0.25) is 0 Å². The predicted octanol–water partition coefficient (Wildman–Crippen LogP) is 1.47. The Morgan fingerprint density at radius 1 is 1.23 bits per heavy atom. The SMILES string of the molecule is COC(=O)[C@H]1CC[C@H](C(=O)NCC[C@H]2CC(F)(F)CN2)CC1. The van der Waals surface area contributed by atoms with E-state index in [4.69, 9.17) is 4.74 Å². The molecule has 0 aromatic heterocycles. The van der Waals surface area contributed by atoms with Crippen LogP contribution >= 0.6 is 0 Å². The third kappa shape index (κ3) is 4.63. The maximum atomic E-state index is 13.0. The normalized spacial score (nSPS) is 30.8. The van der Waals surface area contributed by atoms with Crippen molar-refractivity contribution in [1.82, 2.24) is 10.6 Å². The summed E-state index contributed by atoms with van der Waals surface area (Å²) in [6.45, 7) is 0.132. The van der Waals surface area contributed by atoms with Crippen LogP contribution in [0.25, 0.3) is 0 Å². The van der Waals surface area contributed by atoms with Crippen LogP contribution in [-0.4, -0.2) is 44.0 Å². The highest BCUT2D eigenvalue weighted by molar-refractivity contribution is 5.79. The fourth-order valence-electron chi connectivity index (χ4n) is 3.27. The molecule has 0 unspecified atom stereocenters. The van der Waals surface area contributed by atoms with Crippen LogP contribution in [0, 0.1) is 11.8 Å². The molecule has 22 heavy (non-hydrogen) atoms. The molecule has 0 aromatic carbocycles. The van der Waals surface area contributed by atoms with Crippen molar-refractivity contribution in [2.24, 2.45) is 11.8 Å². The van der Waals surface area contributed by atoms with E-state index in [1.165, 1.54) is 7.11 Å². The van der Waals surface area contributed by atoms with Gasteiger partial charge >= 0.3 is 5.97 Å². The molecule has 7 heteroatoms. The third-order valence-electron chi connectivity index (χ3n) is 4.62. The topological polar surface area (TPSA) is 67.4 Å². The maximum absolute atomic E-state index is 13.0. The van der Waals surface area contributed by atoms with Crippen LogP contribution < -0.4 is 10.6 Å². The summed E-state index contributed by atoms with van der Waals surface area (Å²) in [4.78, 5) is 23.5. The second-order valence-corrected chi connectivity index (χ2v) is 6.29. The van der Waals surface area contributed by atoms with E-state index in [-0.39, 0.29) is 42.7 Å². The number of hydrogen-bond donors (Lipinski definition) is 2. The zero-order valence-electron chi connectivity index (χ0n) is 12.9. The van der Waals surface area contributed by atoms with Gasteiger partial charge in [0.2, 0.25) is 5.91 Å². The van der Waals surface area contributed by atoms with Crippen LogP contribution in [-0.2, 0) is 14.3 Å². The minimum Gasteiger partial charge on any atom is -0.469 e. The first-order valence-electron chi connectivity index (χ1n) is 7.88. The van der Waals surface area contributed by atoms with Crippen LogP contribution in [0.15, 0.2) is 0 Å². The number of ether oxygens (including phenoxy) is 1. The minimum atomic E-state index is -2.62. The molecule has 5 nitrogen and oxygen atoms in total. The average molecular weight is 318 g/mol. The minimum absolute atomic E-state index is 0.0342. The summed E-state index contributed by atoms with van der Waals surface area (Å²) >= 11 is 0. The first-order chi connectivity index (χ1) is 10.4. The predicted molar refractivity (Wildman–Crippen MR) is 76.4 cm³/mol. The Morgan fingerprint density at radius 3 is 2.41 bits per heavy atom. The van der Waals surface area contributed by atoms with Crippen molar-refractivity contribution in [2.75, 3.05) is 20.2 Å². The molecule has 1 aliphatic carbocycles. The number of hydrogen-bond acceptors (Lipinski definition) is 4. The molecule has 1 heterocycles. The summed E-state index contributed by atoms with van der Waals surface area (Å²) < 4.78 is 30.7. The van der Waals surface area contributed by atoms with Crippen molar-refractivity contribution < 1.29 is 23.1 Å². The second-order valence-electron chi connectivity index (χ2n) is 6.29. The third-order valence-corrected chi connectivity index (χ3v) is 4.62. The number of esters is 1. The van der Waals surface area contributed by atoms with Crippen molar-refractivity contribution in [3.05, 3.63) is 0 Å². The van der Waals surface area contributed by atoms with E-state index in [0.717, 1.165) is 0 Å². The lowest BCUT2D eigenvalue weighted by Gasteiger charge is -2.26. The Morgan fingerprint density at radius 2 is 1.86 bits per heavy atom. The molecule has 1 aliphatic heterocycles. The highest BCUT2D eigenvalue weighted by Crippen LogP contribution is 2.30. The van der Waals surface area contributed by atoms with E-state index in [0.29, 0.717) is 38.6 Å². The molecule has 1 saturated carbocycles. The Hall–Kier alpha value is -1.24. The Bertz CT molecular complexity index is 410. The number of amides is 1. The van der Waals surface area contributed by atoms with Gasteiger partial charge in [0.25, 0.3) is 5.92 Å². The highest BCUT2D eigenvalue weighted by Gasteiger charge is 2.38. The molecule has 1 atom stereocenters. The molecule has 0 aromatic rings. The summed E-state index contributed by atoms with van der Waals surface area (Å²) in [7, 11) is 1.38. The molecule has 1 amide bonds. The zero-order chi connectivity index (χ0) is 16.2. The zero-order valence-corrected chi connectivity index (χ0v) is 12.9. The van der Waals surface area contributed by atoms with Gasteiger partial charge in [-0.15, -0.1) is 0 Å². The van der Waals surface area contributed by atoms with Crippen LogP contribution in [0.5, 0.6) is 0 Å². The molecule has 2 rings (SSSR count). The number of methoxy groups -OCH3 is 1. The molecule has 0 spiro atoms. The quantitative estimate of drug-likeness (QED) is 0.753. The summed E-state index contributed by atoms with van der Waals surface area (Å²) in [6, 6.07) is -0.231. The van der Waals surface area contributed by atoms with Gasteiger partial charge in [-0.25, -0.2) is 8.78 Å². The van der Waals surface area contributed by atoms with Crippen molar-refractivity contribution >= 4 is 11.9 Å². The van der Waals surface area contributed by atoms with E-state index in [1.54, 1.807) is 0 Å². The van der Waals surface area contributed by atoms with E-state index in [1.807, 2.05) is 0 Å². The largest absolute Gasteiger partial charge is 0.469 e.